The molecule has 1 fully saturated rings. The molecule has 2 aromatic carbocycles. The topological polar surface area (TPSA) is 109 Å². The van der Waals surface area contributed by atoms with Gasteiger partial charge < -0.3 is 15.5 Å². The first-order valence-corrected chi connectivity index (χ1v) is 13.2. The highest BCUT2D eigenvalue weighted by atomic mass is 35.5. The van der Waals surface area contributed by atoms with E-state index in [0.717, 1.165) is 23.2 Å². The van der Waals surface area contributed by atoms with Crippen molar-refractivity contribution in [3.05, 3.63) is 77.3 Å². The van der Waals surface area contributed by atoms with Crippen LogP contribution in [0.2, 0.25) is 5.02 Å². The van der Waals surface area contributed by atoms with Gasteiger partial charge in [0.05, 0.1) is 12.1 Å². The van der Waals surface area contributed by atoms with E-state index in [2.05, 4.69) is 20.7 Å². The average molecular weight is 537 g/mol. The fourth-order valence-electron chi connectivity index (χ4n) is 4.77. The molecule has 0 aliphatic carbocycles. The second-order valence-electron chi connectivity index (χ2n) is 9.93. The fraction of sp³-hybridized carbons (Fsp3) is 0.393. The number of nitrogens with zero attached hydrogens (tertiary/aromatic N) is 4. The lowest BCUT2D eigenvalue weighted by atomic mass is 10.0. The first-order valence-electron chi connectivity index (χ1n) is 12.9. The highest BCUT2D eigenvalue weighted by molar-refractivity contribution is 6.30. The van der Waals surface area contributed by atoms with Gasteiger partial charge >= 0.3 is 0 Å². The van der Waals surface area contributed by atoms with Crippen molar-refractivity contribution in [2.45, 2.75) is 58.2 Å². The zero-order valence-corrected chi connectivity index (χ0v) is 22.4. The van der Waals surface area contributed by atoms with E-state index >= 15 is 0 Å². The first kappa shape index (κ1) is 27.3. The number of rotatable bonds is 10. The van der Waals surface area contributed by atoms with Crippen molar-refractivity contribution in [2.24, 2.45) is 5.92 Å². The molecule has 2 N–H and O–H groups in total. The van der Waals surface area contributed by atoms with Crippen molar-refractivity contribution in [1.29, 1.82) is 0 Å². The molecule has 38 heavy (non-hydrogen) atoms. The molecule has 2 heterocycles. The summed E-state index contributed by atoms with van der Waals surface area (Å²) in [6, 6.07) is 13.5. The maximum absolute atomic E-state index is 13.6. The van der Waals surface area contributed by atoms with Crippen LogP contribution in [0.5, 0.6) is 0 Å². The Bertz CT molecular complexity index is 1250. The maximum Gasteiger partial charge on any atom is 0.245 e. The lowest BCUT2D eigenvalue weighted by Crippen LogP contribution is -2.54. The highest BCUT2D eigenvalue weighted by Crippen LogP contribution is 2.22. The van der Waals surface area contributed by atoms with Crippen LogP contribution in [0.1, 0.15) is 44.2 Å². The number of aromatic nitrogens is 3. The molecule has 2 atom stereocenters. The molecule has 0 spiro atoms. The summed E-state index contributed by atoms with van der Waals surface area (Å²) >= 11 is 6.21. The SMILES string of the molecule is CC(C)C[C@H](NC(=O)Cc1ccccc1)C(=O)N1CCC[C@H]1C(=O)NCc1cc(Cl)ccc1-n1cncn1. The van der Waals surface area contributed by atoms with Gasteiger partial charge in [-0.3, -0.25) is 14.4 Å². The number of hydrogen-bond acceptors (Lipinski definition) is 5. The van der Waals surface area contributed by atoms with E-state index in [1.165, 1.54) is 6.33 Å². The molecule has 3 aromatic rings. The molecule has 1 saturated heterocycles. The molecule has 0 bridgehead atoms. The number of hydrogen-bond donors (Lipinski definition) is 2. The summed E-state index contributed by atoms with van der Waals surface area (Å²) in [7, 11) is 0. The van der Waals surface area contributed by atoms with Gasteiger partial charge in [-0.05, 0) is 54.5 Å². The minimum absolute atomic E-state index is 0.189. The predicted octanol–water partition coefficient (Wildman–Crippen LogP) is 3.30. The second kappa shape index (κ2) is 12.7. The van der Waals surface area contributed by atoms with Gasteiger partial charge in [0, 0.05) is 18.1 Å². The summed E-state index contributed by atoms with van der Waals surface area (Å²) in [4.78, 5) is 45.2. The number of halogens is 1. The maximum atomic E-state index is 13.6. The van der Waals surface area contributed by atoms with Crippen LogP contribution in [-0.4, -0.2) is 56.0 Å². The minimum atomic E-state index is -0.688. The van der Waals surface area contributed by atoms with Gasteiger partial charge in [0.15, 0.2) is 0 Å². The third kappa shape index (κ3) is 6.98. The zero-order valence-electron chi connectivity index (χ0n) is 21.6. The van der Waals surface area contributed by atoms with E-state index in [9.17, 15) is 14.4 Å². The zero-order chi connectivity index (χ0) is 27.1. The van der Waals surface area contributed by atoms with Gasteiger partial charge in [0.2, 0.25) is 17.7 Å². The number of likely N-dealkylation sites (tertiary alicyclic amines) is 1. The van der Waals surface area contributed by atoms with Crippen LogP contribution in [0, 0.1) is 5.92 Å². The number of amides is 3. The van der Waals surface area contributed by atoms with Crippen molar-refractivity contribution < 1.29 is 14.4 Å². The summed E-state index contributed by atoms with van der Waals surface area (Å²) in [6.07, 6.45) is 4.99. The smallest absolute Gasteiger partial charge is 0.245 e. The number of benzene rings is 2. The fourth-order valence-corrected chi connectivity index (χ4v) is 4.97. The van der Waals surface area contributed by atoms with E-state index in [4.69, 9.17) is 11.6 Å². The summed E-state index contributed by atoms with van der Waals surface area (Å²) < 4.78 is 1.61. The molecule has 0 unspecified atom stereocenters. The largest absolute Gasteiger partial charge is 0.350 e. The molecular formula is C28H33ClN6O3. The van der Waals surface area contributed by atoms with Crippen molar-refractivity contribution in [2.75, 3.05) is 6.54 Å². The molecular weight excluding hydrogens is 504 g/mol. The Morgan fingerprint density at radius 2 is 1.92 bits per heavy atom. The van der Waals surface area contributed by atoms with E-state index in [0.29, 0.717) is 24.4 Å². The number of carbonyl (C=O) groups excluding carboxylic acids is 3. The average Bonchev–Trinajstić information content (AvgIpc) is 3.60. The van der Waals surface area contributed by atoms with Crippen molar-refractivity contribution in [1.82, 2.24) is 30.3 Å². The van der Waals surface area contributed by atoms with Gasteiger partial charge in [-0.1, -0.05) is 55.8 Å². The minimum Gasteiger partial charge on any atom is -0.350 e. The predicted molar refractivity (Wildman–Crippen MR) is 144 cm³/mol. The Balaban J connectivity index is 1.42. The highest BCUT2D eigenvalue weighted by Gasteiger charge is 2.37. The van der Waals surface area contributed by atoms with Crippen LogP contribution >= 0.6 is 11.6 Å². The summed E-state index contributed by atoms with van der Waals surface area (Å²) in [5.41, 5.74) is 2.41. The van der Waals surface area contributed by atoms with Gasteiger partial charge in [-0.25, -0.2) is 9.67 Å². The van der Waals surface area contributed by atoms with E-state index in [1.54, 1.807) is 28.0 Å². The lowest BCUT2D eigenvalue weighted by molar-refractivity contribution is -0.141. The standard InChI is InChI=1S/C28H33ClN6O3/c1-19(2)13-23(33-26(36)14-20-7-4-3-5-8-20)28(38)34-12-6-9-25(34)27(37)31-16-21-15-22(29)10-11-24(21)35-18-30-17-32-35/h3-5,7-8,10-11,15,17-19,23,25H,6,9,12-14,16H2,1-2H3,(H,31,37)(H,33,36)/t23-,25-/m0/s1. The van der Waals surface area contributed by atoms with Crippen molar-refractivity contribution >= 4 is 29.3 Å². The second-order valence-corrected chi connectivity index (χ2v) is 10.4. The molecule has 3 amide bonds. The van der Waals surface area contributed by atoms with Crippen molar-refractivity contribution in [3.63, 3.8) is 0 Å². The van der Waals surface area contributed by atoms with Crippen LogP contribution < -0.4 is 10.6 Å². The van der Waals surface area contributed by atoms with Gasteiger partial charge in [-0.2, -0.15) is 5.10 Å². The lowest BCUT2D eigenvalue weighted by Gasteiger charge is -2.29. The first-order chi connectivity index (χ1) is 18.3. The van der Waals surface area contributed by atoms with Crippen LogP contribution in [0.3, 0.4) is 0 Å². The Kier molecular flexibility index (Phi) is 9.12. The van der Waals surface area contributed by atoms with Gasteiger partial charge in [0.25, 0.3) is 0 Å². The van der Waals surface area contributed by atoms with E-state index in [1.807, 2.05) is 50.2 Å². The Morgan fingerprint density at radius 3 is 2.63 bits per heavy atom. The van der Waals surface area contributed by atoms with Gasteiger partial charge in [0.1, 0.15) is 24.7 Å². The number of nitrogens with one attached hydrogen (secondary N) is 2. The third-order valence-corrected chi connectivity index (χ3v) is 6.78. The molecule has 0 saturated carbocycles. The van der Waals surface area contributed by atoms with Gasteiger partial charge in [-0.15, -0.1) is 0 Å². The molecule has 200 valence electrons. The van der Waals surface area contributed by atoms with Crippen LogP contribution in [-0.2, 0) is 27.3 Å². The van der Waals surface area contributed by atoms with Crippen LogP contribution in [0.25, 0.3) is 5.69 Å². The number of carbonyl (C=O) groups is 3. The molecule has 1 aromatic heterocycles. The summed E-state index contributed by atoms with van der Waals surface area (Å²) in [6.45, 7) is 4.71. The Hall–Kier alpha value is -3.72. The Labute approximate surface area is 227 Å². The summed E-state index contributed by atoms with van der Waals surface area (Å²) in [5, 5.41) is 10.6. The molecule has 4 rings (SSSR count). The molecule has 10 heteroatoms. The van der Waals surface area contributed by atoms with E-state index in [-0.39, 0.29) is 36.6 Å². The van der Waals surface area contributed by atoms with Crippen LogP contribution in [0.4, 0.5) is 0 Å². The molecule has 0 radical (unpaired) electrons. The Morgan fingerprint density at radius 1 is 1.13 bits per heavy atom. The molecule has 9 nitrogen and oxygen atoms in total. The third-order valence-electron chi connectivity index (χ3n) is 6.55. The molecule has 1 aliphatic rings. The monoisotopic (exact) mass is 536 g/mol. The summed E-state index contributed by atoms with van der Waals surface area (Å²) in [5.74, 6) is -0.478. The van der Waals surface area contributed by atoms with E-state index < -0.39 is 12.1 Å². The molecule has 1 aliphatic heterocycles. The normalized spacial score (nSPS) is 15.9. The quantitative estimate of drug-likeness (QED) is 0.413. The van der Waals surface area contributed by atoms with Crippen molar-refractivity contribution in [3.8, 4) is 5.69 Å². The van der Waals surface area contributed by atoms with Crippen LogP contribution in [0.15, 0.2) is 61.2 Å².